The van der Waals surface area contributed by atoms with Gasteiger partial charge in [-0.25, -0.2) is 0 Å². The molecule has 0 aliphatic rings. The van der Waals surface area contributed by atoms with Crippen molar-refractivity contribution in [2.45, 2.75) is 26.4 Å². The van der Waals surface area contributed by atoms with Gasteiger partial charge < -0.3 is 15.2 Å². The van der Waals surface area contributed by atoms with E-state index >= 15 is 0 Å². The van der Waals surface area contributed by atoms with Crippen LogP contribution in [0.3, 0.4) is 0 Å². The minimum atomic E-state index is -0.758. The number of halogens is 1. The summed E-state index contributed by atoms with van der Waals surface area (Å²) in [5.74, 6) is 0.605. The van der Waals surface area contributed by atoms with Crippen molar-refractivity contribution in [3.63, 3.8) is 0 Å². The van der Waals surface area contributed by atoms with Gasteiger partial charge in [0.2, 0.25) is 5.91 Å². The Kier molecular flexibility index (Phi) is 6.64. The van der Waals surface area contributed by atoms with Crippen molar-refractivity contribution >= 4 is 17.5 Å². The third-order valence-corrected chi connectivity index (χ3v) is 3.79. The lowest BCUT2D eigenvalue weighted by atomic mass is 10.1. The minimum absolute atomic E-state index is 0.157. The number of ether oxygens (including phenoxy) is 1. The molecule has 1 unspecified atom stereocenters. The average molecular weight is 348 g/mol. The van der Waals surface area contributed by atoms with Gasteiger partial charge in [0.15, 0.2) is 0 Å². The number of aliphatic hydroxyl groups is 1. The van der Waals surface area contributed by atoms with Gasteiger partial charge in [-0.1, -0.05) is 29.8 Å². The molecule has 2 rings (SSSR count). The summed E-state index contributed by atoms with van der Waals surface area (Å²) in [6.07, 6.45) is -0.521. The summed E-state index contributed by atoms with van der Waals surface area (Å²) in [6, 6.07) is 12.8. The van der Waals surface area contributed by atoms with Crippen LogP contribution in [0, 0.1) is 13.8 Å². The molecule has 0 bridgehead atoms. The quantitative estimate of drug-likeness (QED) is 0.805. The predicted molar refractivity (Wildman–Crippen MR) is 95.4 cm³/mol. The van der Waals surface area contributed by atoms with Crippen LogP contribution in [0.2, 0.25) is 5.02 Å². The number of benzene rings is 2. The largest absolute Gasteiger partial charge is 0.493 e. The number of aryl methyl sites for hydroxylation is 2. The van der Waals surface area contributed by atoms with Crippen molar-refractivity contribution in [2.24, 2.45) is 0 Å². The van der Waals surface area contributed by atoms with Crippen molar-refractivity contribution < 1.29 is 14.6 Å². The van der Waals surface area contributed by atoms with E-state index in [0.717, 1.165) is 16.9 Å². The van der Waals surface area contributed by atoms with Crippen LogP contribution in [0.1, 0.15) is 29.2 Å². The maximum Gasteiger partial charge on any atom is 0.223 e. The Bertz CT molecular complexity index is 665. The Hall–Kier alpha value is -2.04. The third-order valence-electron chi connectivity index (χ3n) is 3.54. The van der Waals surface area contributed by atoms with Crippen LogP contribution in [0.25, 0.3) is 0 Å². The molecule has 0 fully saturated rings. The Morgan fingerprint density at radius 2 is 1.79 bits per heavy atom. The SMILES string of the molecule is Cc1cc(C)cc(OCCC(=O)NCC(O)c2ccc(Cl)cc2)c1. The van der Waals surface area contributed by atoms with Crippen molar-refractivity contribution in [2.75, 3.05) is 13.2 Å². The molecule has 0 spiro atoms. The smallest absolute Gasteiger partial charge is 0.223 e. The lowest BCUT2D eigenvalue weighted by Gasteiger charge is -2.13. The van der Waals surface area contributed by atoms with E-state index in [0.29, 0.717) is 17.2 Å². The third kappa shape index (κ3) is 5.87. The van der Waals surface area contributed by atoms with Crippen LogP contribution in [-0.2, 0) is 4.79 Å². The molecule has 0 heterocycles. The molecule has 0 aliphatic carbocycles. The summed E-state index contributed by atoms with van der Waals surface area (Å²) in [6.45, 7) is 4.46. The molecule has 128 valence electrons. The first kappa shape index (κ1) is 18.3. The summed E-state index contributed by atoms with van der Waals surface area (Å²) in [5.41, 5.74) is 2.97. The maximum absolute atomic E-state index is 11.8. The van der Waals surface area contributed by atoms with Gasteiger partial charge in [0, 0.05) is 11.6 Å². The molecule has 5 heteroatoms. The van der Waals surface area contributed by atoms with Crippen LogP contribution in [0.5, 0.6) is 5.75 Å². The number of aliphatic hydroxyl groups excluding tert-OH is 1. The molecule has 1 atom stereocenters. The number of hydrogen-bond acceptors (Lipinski definition) is 3. The van der Waals surface area contributed by atoms with Gasteiger partial charge >= 0.3 is 0 Å². The highest BCUT2D eigenvalue weighted by Gasteiger charge is 2.09. The lowest BCUT2D eigenvalue weighted by Crippen LogP contribution is -2.29. The number of nitrogens with one attached hydrogen (secondary N) is 1. The molecule has 0 aliphatic heterocycles. The van der Waals surface area contributed by atoms with Crippen molar-refractivity contribution in [1.82, 2.24) is 5.32 Å². The van der Waals surface area contributed by atoms with Gasteiger partial charge in [-0.3, -0.25) is 4.79 Å². The molecule has 0 saturated carbocycles. The van der Waals surface area contributed by atoms with E-state index in [4.69, 9.17) is 16.3 Å². The van der Waals surface area contributed by atoms with E-state index in [1.165, 1.54) is 0 Å². The fraction of sp³-hybridized carbons (Fsp3) is 0.316. The highest BCUT2D eigenvalue weighted by Crippen LogP contribution is 2.17. The normalized spacial score (nSPS) is 11.8. The zero-order valence-corrected chi connectivity index (χ0v) is 14.6. The van der Waals surface area contributed by atoms with Crippen LogP contribution in [0.4, 0.5) is 0 Å². The molecule has 2 N–H and O–H groups in total. The first-order valence-electron chi connectivity index (χ1n) is 7.85. The van der Waals surface area contributed by atoms with E-state index in [1.54, 1.807) is 24.3 Å². The van der Waals surface area contributed by atoms with E-state index in [9.17, 15) is 9.90 Å². The predicted octanol–water partition coefficient (Wildman–Crippen LogP) is 3.58. The Morgan fingerprint density at radius 1 is 1.17 bits per heavy atom. The van der Waals surface area contributed by atoms with E-state index in [2.05, 4.69) is 11.4 Å². The Labute approximate surface area is 147 Å². The second-order valence-electron chi connectivity index (χ2n) is 5.79. The molecular formula is C19H22ClNO3. The van der Waals surface area contributed by atoms with Crippen LogP contribution in [0.15, 0.2) is 42.5 Å². The summed E-state index contributed by atoms with van der Waals surface area (Å²) in [7, 11) is 0. The summed E-state index contributed by atoms with van der Waals surface area (Å²) >= 11 is 5.81. The maximum atomic E-state index is 11.8. The summed E-state index contributed by atoms with van der Waals surface area (Å²) < 4.78 is 5.60. The summed E-state index contributed by atoms with van der Waals surface area (Å²) in [4.78, 5) is 11.8. The fourth-order valence-electron chi connectivity index (χ4n) is 2.38. The van der Waals surface area contributed by atoms with E-state index in [-0.39, 0.29) is 18.9 Å². The van der Waals surface area contributed by atoms with Gasteiger partial charge in [-0.15, -0.1) is 0 Å². The van der Waals surface area contributed by atoms with Crippen LogP contribution >= 0.6 is 11.6 Å². The van der Waals surface area contributed by atoms with Crippen molar-refractivity contribution in [1.29, 1.82) is 0 Å². The van der Waals surface area contributed by atoms with Crippen LogP contribution in [-0.4, -0.2) is 24.2 Å². The minimum Gasteiger partial charge on any atom is -0.493 e. The number of carbonyl (C=O) groups is 1. The zero-order valence-electron chi connectivity index (χ0n) is 13.9. The number of carbonyl (C=O) groups excluding carboxylic acids is 1. The Morgan fingerprint density at radius 3 is 2.42 bits per heavy atom. The molecule has 4 nitrogen and oxygen atoms in total. The molecule has 2 aromatic rings. The molecule has 0 aromatic heterocycles. The zero-order chi connectivity index (χ0) is 17.5. The second kappa shape index (κ2) is 8.71. The van der Waals surface area contributed by atoms with Gasteiger partial charge in [0.05, 0.1) is 19.1 Å². The number of hydrogen-bond donors (Lipinski definition) is 2. The van der Waals surface area contributed by atoms with Crippen molar-refractivity contribution in [3.8, 4) is 5.75 Å². The lowest BCUT2D eigenvalue weighted by molar-refractivity contribution is -0.122. The molecule has 1 amide bonds. The monoisotopic (exact) mass is 347 g/mol. The topological polar surface area (TPSA) is 58.6 Å². The highest BCUT2D eigenvalue weighted by molar-refractivity contribution is 6.30. The van der Waals surface area contributed by atoms with E-state index < -0.39 is 6.10 Å². The van der Waals surface area contributed by atoms with E-state index in [1.807, 2.05) is 26.0 Å². The molecule has 0 saturated heterocycles. The Balaban J connectivity index is 1.72. The molecule has 0 radical (unpaired) electrons. The molecule has 24 heavy (non-hydrogen) atoms. The highest BCUT2D eigenvalue weighted by atomic mass is 35.5. The molecule has 2 aromatic carbocycles. The van der Waals surface area contributed by atoms with Gasteiger partial charge in [0.1, 0.15) is 5.75 Å². The average Bonchev–Trinajstić information content (AvgIpc) is 2.52. The van der Waals surface area contributed by atoms with Crippen LogP contribution < -0.4 is 10.1 Å². The fourth-order valence-corrected chi connectivity index (χ4v) is 2.51. The summed E-state index contributed by atoms with van der Waals surface area (Å²) in [5, 5.41) is 13.3. The van der Waals surface area contributed by atoms with Crippen molar-refractivity contribution in [3.05, 3.63) is 64.2 Å². The number of rotatable bonds is 7. The van der Waals surface area contributed by atoms with Gasteiger partial charge in [-0.2, -0.15) is 0 Å². The molecular weight excluding hydrogens is 326 g/mol. The first-order valence-corrected chi connectivity index (χ1v) is 8.23. The standard InChI is InChI=1S/C19H22ClNO3/c1-13-9-14(2)11-17(10-13)24-8-7-19(23)21-12-18(22)15-3-5-16(20)6-4-15/h3-6,9-11,18,22H,7-8,12H2,1-2H3,(H,21,23). The van der Waals surface area contributed by atoms with Gasteiger partial charge in [-0.05, 0) is 54.8 Å². The second-order valence-corrected chi connectivity index (χ2v) is 6.23. The number of amides is 1. The van der Waals surface area contributed by atoms with Gasteiger partial charge in [0.25, 0.3) is 0 Å². The first-order chi connectivity index (χ1) is 11.4.